The Bertz CT molecular complexity index is 223. The molecule has 1 aliphatic heterocycles. The lowest BCUT2D eigenvalue weighted by atomic mass is 9.60. The van der Waals surface area contributed by atoms with E-state index in [2.05, 4.69) is 10.2 Å². The van der Waals surface area contributed by atoms with Gasteiger partial charge in [0.1, 0.15) is 0 Å². The van der Waals surface area contributed by atoms with Crippen LogP contribution in [0.3, 0.4) is 0 Å². The number of carbonyl (C=O) groups excluding carboxylic acids is 1. The molecule has 3 aliphatic rings. The molecule has 1 N–H and O–H groups in total. The number of amides is 1. The third kappa shape index (κ3) is 1.17. The molecule has 1 heterocycles. The van der Waals surface area contributed by atoms with Crippen LogP contribution in [0.4, 0.5) is 0 Å². The van der Waals surface area contributed by atoms with E-state index in [0.29, 0.717) is 11.5 Å². The summed E-state index contributed by atoms with van der Waals surface area (Å²) in [6, 6.07) is 1.42. The Morgan fingerprint density at radius 1 is 1.31 bits per heavy atom. The third-order valence-electron chi connectivity index (χ3n) is 3.80. The summed E-state index contributed by atoms with van der Waals surface area (Å²) in [7, 11) is 0. The van der Waals surface area contributed by atoms with Crippen molar-refractivity contribution >= 4 is 6.41 Å². The highest BCUT2D eigenvalue weighted by Gasteiger charge is 2.54. The van der Waals surface area contributed by atoms with Gasteiger partial charge in [-0.05, 0) is 31.1 Å². The highest BCUT2D eigenvalue weighted by atomic mass is 16.1. The fraction of sp³-hybridized carbons (Fsp3) is 0.900. The molecule has 0 aromatic heterocycles. The zero-order chi connectivity index (χ0) is 8.89. The lowest BCUT2D eigenvalue weighted by Crippen LogP contribution is -2.66. The van der Waals surface area contributed by atoms with Crippen LogP contribution in [0.5, 0.6) is 0 Å². The predicted octanol–water partition coefficient (Wildman–Crippen LogP) is 0.359. The number of nitrogens with zero attached hydrogens (tertiary/aromatic N) is 1. The van der Waals surface area contributed by atoms with Crippen molar-refractivity contribution in [2.24, 2.45) is 5.41 Å². The maximum atomic E-state index is 10.2. The SMILES string of the molecule is O=CNC1CC2(C1)CN(C1CC1)C2. The molecule has 72 valence electrons. The summed E-state index contributed by atoms with van der Waals surface area (Å²) < 4.78 is 0. The van der Waals surface area contributed by atoms with Gasteiger partial charge in [-0.15, -0.1) is 0 Å². The van der Waals surface area contributed by atoms with Crippen LogP contribution in [0.1, 0.15) is 25.7 Å². The van der Waals surface area contributed by atoms with Crippen molar-refractivity contribution in [3.63, 3.8) is 0 Å². The van der Waals surface area contributed by atoms with Crippen LogP contribution in [-0.2, 0) is 4.79 Å². The fourth-order valence-corrected chi connectivity index (χ4v) is 2.97. The Kier molecular flexibility index (Phi) is 1.48. The van der Waals surface area contributed by atoms with Gasteiger partial charge in [-0.25, -0.2) is 0 Å². The number of hydrogen-bond acceptors (Lipinski definition) is 2. The van der Waals surface area contributed by atoms with Gasteiger partial charge in [-0.2, -0.15) is 0 Å². The van der Waals surface area contributed by atoms with Crippen molar-refractivity contribution in [3.8, 4) is 0 Å². The van der Waals surface area contributed by atoms with E-state index in [1.165, 1.54) is 38.8 Å². The van der Waals surface area contributed by atoms with Gasteiger partial charge in [0.15, 0.2) is 0 Å². The van der Waals surface area contributed by atoms with E-state index < -0.39 is 0 Å². The fourth-order valence-electron chi connectivity index (χ4n) is 2.97. The molecule has 3 heteroatoms. The lowest BCUT2D eigenvalue weighted by molar-refractivity contribution is -0.116. The van der Waals surface area contributed by atoms with Crippen LogP contribution in [-0.4, -0.2) is 36.5 Å². The van der Waals surface area contributed by atoms with Crippen LogP contribution in [0.2, 0.25) is 0 Å². The zero-order valence-corrected chi connectivity index (χ0v) is 7.83. The van der Waals surface area contributed by atoms with Crippen LogP contribution in [0.15, 0.2) is 0 Å². The van der Waals surface area contributed by atoms with E-state index >= 15 is 0 Å². The van der Waals surface area contributed by atoms with Crippen molar-refractivity contribution in [2.45, 2.75) is 37.8 Å². The summed E-state index contributed by atoms with van der Waals surface area (Å²) in [4.78, 5) is 12.8. The number of nitrogens with one attached hydrogen (secondary N) is 1. The molecule has 0 radical (unpaired) electrons. The standard InChI is InChI=1S/C10H16N2O/c13-7-11-8-3-10(4-8)5-12(6-10)9-1-2-9/h7-9H,1-6H2,(H,11,13). The Morgan fingerprint density at radius 2 is 2.00 bits per heavy atom. The first kappa shape index (κ1) is 7.80. The van der Waals surface area contributed by atoms with E-state index in [0.717, 1.165) is 12.5 Å². The second-order valence-corrected chi connectivity index (χ2v) is 5.03. The normalized spacial score (nSPS) is 32.3. The van der Waals surface area contributed by atoms with Gasteiger partial charge in [0.25, 0.3) is 0 Å². The topological polar surface area (TPSA) is 32.3 Å². The molecule has 2 saturated carbocycles. The van der Waals surface area contributed by atoms with E-state index in [4.69, 9.17) is 0 Å². The Labute approximate surface area is 78.5 Å². The molecule has 0 bridgehead atoms. The summed E-state index contributed by atoms with van der Waals surface area (Å²) in [5.41, 5.74) is 0.614. The molecule has 0 aromatic rings. The van der Waals surface area contributed by atoms with Crippen molar-refractivity contribution < 1.29 is 4.79 Å². The van der Waals surface area contributed by atoms with E-state index in [1.807, 2.05) is 0 Å². The highest BCUT2D eigenvalue weighted by Crippen LogP contribution is 2.51. The largest absolute Gasteiger partial charge is 0.356 e. The smallest absolute Gasteiger partial charge is 0.207 e. The quantitative estimate of drug-likeness (QED) is 0.636. The van der Waals surface area contributed by atoms with Crippen LogP contribution < -0.4 is 5.32 Å². The predicted molar refractivity (Wildman–Crippen MR) is 49.2 cm³/mol. The highest BCUT2D eigenvalue weighted by molar-refractivity contribution is 5.47. The molecule has 1 spiro atoms. The number of carbonyl (C=O) groups is 1. The molecule has 3 fully saturated rings. The summed E-state index contributed by atoms with van der Waals surface area (Å²) >= 11 is 0. The van der Waals surface area contributed by atoms with Gasteiger partial charge in [0.2, 0.25) is 6.41 Å². The molecule has 3 nitrogen and oxygen atoms in total. The summed E-state index contributed by atoms with van der Waals surface area (Å²) in [5.74, 6) is 0. The molecular formula is C10H16N2O. The van der Waals surface area contributed by atoms with Crippen LogP contribution >= 0.6 is 0 Å². The second-order valence-electron chi connectivity index (χ2n) is 5.03. The first-order valence-corrected chi connectivity index (χ1v) is 5.25. The maximum absolute atomic E-state index is 10.2. The summed E-state index contributed by atoms with van der Waals surface area (Å²) in [6.45, 7) is 2.60. The van der Waals surface area contributed by atoms with Crippen molar-refractivity contribution in [3.05, 3.63) is 0 Å². The van der Waals surface area contributed by atoms with Gasteiger partial charge in [0, 0.05) is 25.2 Å². The van der Waals surface area contributed by atoms with Gasteiger partial charge in [0.05, 0.1) is 0 Å². The van der Waals surface area contributed by atoms with Crippen molar-refractivity contribution in [2.75, 3.05) is 13.1 Å². The molecule has 13 heavy (non-hydrogen) atoms. The third-order valence-corrected chi connectivity index (χ3v) is 3.80. The summed E-state index contributed by atoms with van der Waals surface area (Å²) in [5, 5.41) is 2.87. The molecule has 0 unspecified atom stereocenters. The molecule has 3 rings (SSSR count). The van der Waals surface area contributed by atoms with E-state index in [1.54, 1.807) is 0 Å². The van der Waals surface area contributed by atoms with Gasteiger partial charge in [-0.3, -0.25) is 9.69 Å². The molecule has 0 aromatic carbocycles. The van der Waals surface area contributed by atoms with Gasteiger partial charge >= 0.3 is 0 Å². The number of likely N-dealkylation sites (tertiary alicyclic amines) is 1. The van der Waals surface area contributed by atoms with Crippen LogP contribution in [0, 0.1) is 5.41 Å². The van der Waals surface area contributed by atoms with E-state index in [9.17, 15) is 4.79 Å². The Balaban J connectivity index is 1.46. The first-order valence-electron chi connectivity index (χ1n) is 5.25. The minimum absolute atomic E-state index is 0.485. The number of rotatable bonds is 3. The zero-order valence-electron chi connectivity index (χ0n) is 7.83. The molecule has 2 aliphatic carbocycles. The van der Waals surface area contributed by atoms with Crippen LogP contribution in [0.25, 0.3) is 0 Å². The average Bonchev–Trinajstić information content (AvgIpc) is 2.73. The molecule has 1 amide bonds. The average molecular weight is 180 g/mol. The van der Waals surface area contributed by atoms with E-state index in [-0.39, 0.29) is 0 Å². The Morgan fingerprint density at radius 3 is 2.54 bits per heavy atom. The monoisotopic (exact) mass is 180 g/mol. The minimum atomic E-state index is 0.485. The molecule has 0 atom stereocenters. The van der Waals surface area contributed by atoms with Crippen molar-refractivity contribution in [1.82, 2.24) is 10.2 Å². The number of hydrogen-bond donors (Lipinski definition) is 1. The van der Waals surface area contributed by atoms with Crippen molar-refractivity contribution in [1.29, 1.82) is 0 Å². The maximum Gasteiger partial charge on any atom is 0.207 e. The first-order chi connectivity index (χ1) is 6.31. The van der Waals surface area contributed by atoms with Gasteiger partial charge in [-0.1, -0.05) is 0 Å². The molecular weight excluding hydrogens is 164 g/mol. The second kappa shape index (κ2) is 2.47. The lowest BCUT2D eigenvalue weighted by Gasteiger charge is -2.59. The minimum Gasteiger partial charge on any atom is -0.356 e. The summed E-state index contributed by atoms with van der Waals surface area (Å²) in [6.07, 6.45) is 6.12. The molecule has 1 saturated heterocycles. The Hall–Kier alpha value is -0.570. The van der Waals surface area contributed by atoms with Gasteiger partial charge < -0.3 is 5.32 Å².